The highest BCUT2D eigenvalue weighted by molar-refractivity contribution is 7.90. The van der Waals surface area contributed by atoms with E-state index in [1.807, 2.05) is 0 Å². The van der Waals surface area contributed by atoms with Crippen molar-refractivity contribution in [3.63, 3.8) is 0 Å². The van der Waals surface area contributed by atoms with Gasteiger partial charge in [0.25, 0.3) is 0 Å². The van der Waals surface area contributed by atoms with Gasteiger partial charge in [0.1, 0.15) is 16.7 Å². The first-order valence-electron chi connectivity index (χ1n) is 7.81. The fourth-order valence-electron chi connectivity index (χ4n) is 3.02. The van der Waals surface area contributed by atoms with E-state index in [9.17, 15) is 17.9 Å². The maximum Gasteiger partial charge on any atom is 0.249 e. The third-order valence-corrected chi connectivity index (χ3v) is 5.27. The van der Waals surface area contributed by atoms with Crippen LogP contribution in [-0.4, -0.2) is 60.5 Å². The van der Waals surface area contributed by atoms with Crippen LogP contribution in [0.15, 0.2) is 5.16 Å². The number of methoxy groups -OCH3 is 1. The second-order valence-corrected chi connectivity index (χ2v) is 8.84. The molecule has 1 saturated heterocycles. The average Bonchev–Trinajstić information content (AvgIpc) is 2.55. The molecular weight excluding hydrogens is 387 g/mol. The van der Waals surface area contributed by atoms with Gasteiger partial charge in [-0.3, -0.25) is 0 Å². The molecule has 26 heavy (non-hydrogen) atoms. The Hall–Kier alpha value is -1.78. The van der Waals surface area contributed by atoms with Crippen LogP contribution in [-0.2, 0) is 9.84 Å². The van der Waals surface area contributed by atoms with Crippen molar-refractivity contribution in [1.82, 2.24) is 15.0 Å². The third-order valence-electron chi connectivity index (χ3n) is 4.17. The molecule has 2 aromatic heterocycles. The van der Waals surface area contributed by atoms with E-state index < -0.39 is 31.6 Å². The molecule has 142 valence electrons. The van der Waals surface area contributed by atoms with E-state index in [-0.39, 0.29) is 29.1 Å². The smallest absolute Gasteiger partial charge is 0.249 e. The molecule has 0 saturated carbocycles. The number of nitrogens with zero attached hydrogens (tertiary/aromatic N) is 4. The number of pyridine rings is 1. The lowest BCUT2D eigenvalue weighted by Gasteiger charge is -2.38. The Labute approximate surface area is 154 Å². The molecule has 0 spiro atoms. The maximum atomic E-state index is 14.6. The molecule has 8 nitrogen and oxygen atoms in total. The number of piperidine rings is 1. The van der Waals surface area contributed by atoms with Gasteiger partial charge in [0, 0.05) is 19.3 Å². The number of halogens is 2. The SMILES string of the molecule is COc1nc(Cl)c(F)c2nc(S(C)(=O)=O)nc(N3CCCC(C)(O)C3)c12. The van der Waals surface area contributed by atoms with Crippen molar-refractivity contribution in [2.24, 2.45) is 0 Å². The molecule has 0 aliphatic carbocycles. The van der Waals surface area contributed by atoms with Crippen LogP contribution in [0.25, 0.3) is 10.9 Å². The Morgan fingerprint density at radius 1 is 1.35 bits per heavy atom. The van der Waals surface area contributed by atoms with Crippen LogP contribution in [0.4, 0.5) is 10.2 Å². The largest absolute Gasteiger partial charge is 0.480 e. The number of β-amino-alcohol motifs (C(OH)–C–C–N with tert-alkyl or cyclic N) is 1. The van der Waals surface area contributed by atoms with Gasteiger partial charge in [0.05, 0.1) is 12.7 Å². The number of hydrogen-bond acceptors (Lipinski definition) is 8. The summed E-state index contributed by atoms with van der Waals surface area (Å²) in [5.74, 6) is -0.846. The number of anilines is 1. The average molecular weight is 405 g/mol. The lowest BCUT2D eigenvalue weighted by Crippen LogP contribution is -2.46. The summed E-state index contributed by atoms with van der Waals surface area (Å²) < 4.78 is 43.8. The van der Waals surface area contributed by atoms with Crippen molar-refractivity contribution in [3.05, 3.63) is 11.0 Å². The van der Waals surface area contributed by atoms with E-state index in [4.69, 9.17) is 16.3 Å². The fraction of sp³-hybridized carbons (Fsp3) is 0.533. The predicted molar refractivity (Wildman–Crippen MR) is 94.0 cm³/mol. The monoisotopic (exact) mass is 404 g/mol. The molecule has 1 unspecified atom stereocenters. The molecule has 0 radical (unpaired) electrons. The minimum atomic E-state index is -3.82. The number of aromatic nitrogens is 3. The number of hydrogen-bond donors (Lipinski definition) is 1. The lowest BCUT2D eigenvalue weighted by molar-refractivity contribution is 0.0447. The number of rotatable bonds is 3. The Kier molecular flexibility index (Phi) is 4.70. The highest BCUT2D eigenvalue weighted by atomic mass is 35.5. The van der Waals surface area contributed by atoms with E-state index >= 15 is 0 Å². The van der Waals surface area contributed by atoms with Crippen molar-refractivity contribution in [1.29, 1.82) is 0 Å². The Balaban J connectivity index is 2.37. The van der Waals surface area contributed by atoms with Gasteiger partial charge in [-0.05, 0) is 19.8 Å². The summed E-state index contributed by atoms with van der Waals surface area (Å²) in [6.45, 7) is 2.36. The number of ether oxygens (including phenoxy) is 1. The third kappa shape index (κ3) is 3.40. The summed E-state index contributed by atoms with van der Waals surface area (Å²) in [6, 6.07) is 0. The van der Waals surface area contributed by atoms with E-state index in [1.54, 1.807) is 11.8 Å². The van der Waals surface area contributed by atoms with Crippen molar-refractivity contribution in [2.45, 2.75) is 30.5 Å². The van der Waals surface area contributed by atoms with Gasteiger partial charge in [0.15, 0.2) is 11.0 Å². The van der Waals surface area contributed by atoms with Crippen LogP contribution in [0.2, 0.25) is 5.15 Å². The highest BCUT2D eigenvalue weighted by Crippen LogP contribution is 2.37. The first-order chi connectivity index (χ1) is 12.0. The Morgan fingerprint density at radius 2 is 2.04 bits per heavy atom. The molecule has 11 heteroatoms. The molecule has 1 aliphatic heterocycles. The van der Waals surface area contributed by atoms with Crippen molar-refractivity contribution < 1.29 is 22.7 Å². The van der Waals surface area contributed by atoms with Gasteiger partial charge < -0.3 is 14.7 Å². The molecule has 1 atom stereocenters. The van der Waals surface area contributed by atoms with Gasteiger partial charge in [-0.15, -0.1) is 0 Å². The van der Waals surface area contributed by atoms with Crippen molar-refractivity contribution in [3.8, 4) is 5.88 Å². The first kappa shape index (κ1) is 19.0. The van der Waals surface area contributed by atoms with Gasteiger partial charge in [-0.25, -0.2) is 22.8 Å². The van der Waals surface area contributed by atoms with E-state index in [2.05, 4.69) is 15.0 Å². The molecule has 1 fully saturated rings. The van der Waals surface area contributed by atoms with Gasteiger partial charge >= 0.3 is 0 Å². The van der Waals surface area contributed by atoms with Crippen LogP contribution in [0.1, 0.15) is 19.8 Å². The van der Waals surface area contributed by atoms with Crippen molar-refractivity contribution >= 4 is 38.2 Å². The number of fused-ring (bicyclic) bond motifs is 1. The molecule has 3 heterocycles. The molecule has 1 aliphatic rings. The molecule has 3 rings (SSSR count). The van der Waals surface area contributed by atoms with Crippen molar-refractivity contribution in [2.75, 3.05) is 31.4 Å². The van der Waals surface area contributed by atoms with Crippen LogP contribution in [0, 0.1) is 5.82 Å². The van der Waals surface area contributed by atoms with Crippen LogP contribution < -0.4 is 9.64 Å². The number of aliphatic hydroxyl groups is 1. The lowest BCUT2D eigenvalue weighted by atomic mass is 9.95. The molecule has 1 N–H and O–H groups in total. The zero-order valence-electron chi connectivity index (χ0n) is 14.5. The van der Waals surface area contributed by atoms with Gasteiger partial charge in [0.2, 0.25) is 20.9 Å². The standard InChI is InChI=1S/C15H18ClFN4O4S/c1-15(22)5-4-6-21(7-15)12-8-10(18-14(20-12)26(3,23)24)9(17)11(16)19-13(8)25-2/h22H,4-7H2,1-3H3. The predicted octanol–water partition coefficient (Wildman–Crippen LogP) is 1.58. The minimum absolute atomic E-state index is 0.0216. The van der Waals surface area contributed by atoms with Crippen LogP contribution in [0.5, 0.6) is 5.88 Å². The summed E-state index contributed by atoms with van der Waals surface area (Å²) >= 11 is 5.79. The van der Waals surface area contributed by atoms with Gasteiger partial charge in [-0.2, -0.15) is 4.98 Å². The summed E-state index contributed by atoms with van der Waals surface area (Å²) in [4.78, 5) is 13.5. The zero-order chi connectivity index (χ0) is 19.3. The van der Waals surface area contributed by atoms with Crippen LogP contribution >= 0.6 is 11.6 Å². The quantitative estimate of drug-likeness (QED) is 0.607. The highest BCUT2D eigenvalue weighted by Gasteiger charge is 2.33. The molecule has 0 amide bonds. The normalized spacial score (nSPS) is 21.2. The summed E-state index contributed by atoms with van der Waals surface area (Å²) in [6.07, 6.45) is 2.17. The fourth-order valence-corrected chi connectivity index (χ4v) is 3.70. The number of sulfone groups is 1. The van der Waals surface area contributed by atoms with Crippen LogP contribution in [0.3, 0.4) is 0 Å². The zero-order valence-corrected chi connectivity index (χ0v) is 16.0. The molecular formula is C15H18ClFN4O4S. The summed E-state index contributed by atoms with van der Waals surface area (Å²) in [7, 11) is -2.49. The van der Waals surface area contributed by atoms with Gasteiger partial charge in [-0.1, -0.05) is 11.6 Å². The molecule has 2 aromatic rings. The summed E-state index contributed by atoms with van der Waals surface area (Å²) in [5, 5.41) is 9.48. The second-order valence-electron chi connectivity index (χ2n) is 6.57. The Morgan fingerprint density at radius 3 is 2.62 bits per heavy atom. The minimum Gasteiger partial charge on any atom is -0.480 e. The topological polar surface area (TPSA) is 106 Å². The maximum absolute atomic E-state index is 14.6. The second kappa shape index (κ2) is 6.43. The molecule has 0 aromatic carbocycles. The Bertz CT molecular complexity index is 984. The van der Waals surface area contributed by atoms with E-state index in [1.165, 1.54) is 7.11 Å². The van der Waals surface area contributed by atoms with E-state index in [0.29, 0.717) is 19.4 Å². The summed E-state index contributed by atoms with van der Waals surface area (Å²) in [5.41, 5.74) is -1.29. The molecule has 0 bridgehead atoms. The van der Waals surface area contributed by atoms with E-state index in [0.717, 1.165) is 6.26 Å². The first-order valence-corrected chi connectivity index (χ1v) is 10.1.